The molecule has 1 saturated heterocycles. The van der Waals surface area contributed by atoms with Crippen molar-refractivity contribution in [3.8, 4) is 0 Å². The quantitative estimate of drug-likeness (QED) is 0.740. The topological polar surface area (TPSA) is 87.3 Å². The number of carbonyl (C=O) groups excluding carboxylic acids is 1. The third kappa shape index (κ3) is 5.84. The minimum atomic E-state index is -3.38. The first kappa shape index (κ1) is 17.7. The molecule has 1 fully saturated rings. The van der Waals surface area contributed by atoms with Gasteiger partial charge in [0.2, 0.25) is 15.9 Å². The van der Waals surface area contributed by atoms with Crippen LogP contribution in [0.1, 0.15) is 26.2 Å². The van der Waals surface area contributed by atoms with Crippen molar-refractivity contribution in [3.63, 3.8) is 0 Å². The average molecular weight is 339 g/mol. The smallest absolute Gasteiger partial charge is 0.229 e. The molecule has 23 heavy (non-hydrogen) atoms. The first-order chi connectivity index (χ1) is 10.8. The van der Waals surface area contributed by atoms with Gasteiger partial charge in [-0.1, -0.05) is 19.1 Å². The van der Waals surface area contributed by atoms with Gasteiger partial charge in [-0.05, 0) is 49.9 Å². The number of rotatable bonds is 6. The molecule has 128 valence electrons. The molecule has 1 aromatic rings. The van der Waals surface area contributed by atoms with Crippen molar-refractivity contribution >= 4 is 27.3 Å². The Hall–Kier alpha value is -1.60. The second-order valence-corrected chi connectivity index (χ2v) is 7.99. The molecule has 1 atom stereocenters. The maximum Gasteiger partial charge on any atom is 0.229 e. The van der Waals surface area contributed by atoms with Crippen LogP contribution in [0.5, 0.6) is 0 Å². The lowest BCUT2D eigenvalue weighted by Gasteiger charge is -2.28. The predicted molar refractivity (Wildman–Crippen MR) is 92.9 cm³/mol. The molecule has 1 unspecified atom stereocenters. The maximum atomic E-state index is 12.3. The fourth-order valence-electron chi connectivity index (χ4n) is 2.95. The van der Waals surface area contributed by atoms with Gasteiger partial charge in [0.1, 0.15) is 0 Å². The van der Waals surface area contributed by atoms with E-state index in [2.05, 4.69) is 22.3 Å². The summed E-state index contributed by atoms with van der Waals surface area (Å²) in [5.41, 5.74) is 0.873. The largest absolute Gasteiger partial charge is 0.324 e. The highest BCUT2D eigenvalue weighted by Crippen LogP contribution is 2.26. The van der Waals surface area contributed by atoms with E-state index < -0.39 is 10.0 Å². The number of anilines is 2. The third-order valence-corrected chi connectivity index (χ3v) is 4.78. The van der Waals surface area contributed by atoms with Crippen LogP contribution in [0.4, 0.5) is 11.4 Å². The molecule has 2 rings (SSSR count). The van der Waals surface area contributed by atoms with E-state index in [1.165, 1.54) is 0 Å². The van der Waals surface area contributed by atoms with Crippen LogP contribution in [0.25, 0.3) is 0 Å². The lowest BCUT2D eigenvalue weighted by Crippen LogP contribution is -2.32. The zero-order valence-electron chi connectivity index (χ0n) is 13.6. The van der Waals surface area contributed by atoms with Gasteiger partial charge >= 0.3 is 0 Å². The van der Waals surface area contributed by atoms with Gasteiger partial charge in [-0.15, -0.1) is 0 Å². The van der Waals surface area contributed by atoms with Crippen LogP contribution >= 0.6 is 0 Å². The number of hydrogen-bond donors (Lipinski definition) is 3. The Balaban J connectivity index is 1.97. The van der Waals surface area contributed by atoms with Crippen molar-refractivity contribution in [2.45, 2.75) is 26.2 Å². The van der Waals surface area contributed by atoms with Crippen LogP contribution in [0, 0.1) is 11.8 Å². The highest BCUT2D eigenvalue weighted by Gasteiger charge is 2.22. The van der Waals surface area contributed by atoms with Crippen molar-refractivity contribution in [2.75, 3.05) is 29.4 Å². The summed E-state index contributed by atoms with van der Waals surface area (Å²) in [4.78, 5) is 12.3. The summed E-state index contributed by atoms with van der Waals surface area (Å²) < 4.78 is 25.2. The monoisotopic (exact) mass is 339 g/mol. The predicted octanol–water partition coefficient (Wildman–Crippen LogP) is 2.02. The Kier molecular flexibility index (Phi) is 6.01. The molecule has 0 spiro atoms. The SMILES string of the molecule is CC(CC(=O)Nc1ccccc1NS(C)(=O)=O)C1CCNCC1. The normalized spacial score (nSPS) is 17.5. The second kappa shape index (κ2) is 7.79. The first-order valence-corrected chi connectivity index (χ1v) is 9.81. The molecule has 0 aromatic heterocycles. The van der Waals surface area contributed by atoms with Gasteiger partial charge in [0.05, 0.1) is 17.6 Å². The standard InChI is InChI=1S/C16H25N3O3S/c1-12(13-7-9-17-10-8-13)11-16(20)18-14-5-3-4-6-15(14)19-23(2,21)22/h3-6,12-13,17,19H,7-11H2,1-2H3,(H,18,20). The van der Waals surface area contributed by atoms with Crippen molar-refractivity contribution in [1.29, 1.82) is 0 Å². The van der Waals surface area contributed by atoms with Gasteiger partial charge in [0.25, 0.3) is 0 Å². The molecule has 1 amide bonds. The van der Waals surface area contributed by atoms with Crippen LogP contribution in [0.3, 0.4) is 0 Å². The minimum absolute atomic E-state index is 0.0845. The van der Waals surface area contributed by atoms with E-state index >= 15 is 0 Å². The van der Waals surface area contributed by atoms with Crippen LogP contribution in [-0.4, -0.2) is 33.7 Å². The molecule has 0 radical (unpaired) electrons. The molecular formula is C16H25N3O3S. The number of para-hydroxylation sites is 2. The van der Waals surface area contributed by atoms with Gasteiger partial charge in [0, 0.05) is 6.42 Å². The molecule has 3 N–H and O–H groups in total. The molecule has 0 saturated carbocycles. The molecule has 7 heteroatoms. The number of amides is 1. The van der Waals surface area contributed by atoms with E-state index in [9.17, 15) is 13.2 Å². The first-order valence-electron chi connectivity index (χ1n) is 7.92. The lowest BCUT2D eigenvalue weighted by molar-refractivity contribution is -0.117. The number of piperidine rings is 1. The zero-order valence-corrected chi connectivity index (χ0v) is 14.4. The van der Waals surface area contributed by atoms with Crippen molar-refractivity contribution in [1.82, 2.24) is 5.32 Å². The van der Waals surface area contributed by atoms with Gasteiger partial charge in [-0.25, -0.2) is 8.42 Å². The van der Waals surface area contributed by atoms with Gasteiger partial charge in [0.15, 0.2) is 0 Å². The summed E-state index contributed by atoms with van der Waals surface area (Å²) in [6, 6.07) is 6.81. The molecule has 0 aliphatic carbocycles. The Bertz CT molecular complexity index is 640. The Labute approximate surface area is 138 Å². The lowest BCUT2D eigenvalue weighted by atomic mass is 9.84. The molecular weight excluding hydrogens is 314 g/mol. The highest BCUT2D eigenvalue weighted by molar-refractivity contribution is 7.92. The van der Waals surface area contributed by atoms with Crippen LogP contribution in [0.15, 0.2) is 24.3 Å². The fraction of sp³-hybridized carbons (Fsp3) is 0.562. The molecule has 1 aromatic carbocycles. The Morgan fingerprint density at radius 1 is 1.26 bits per heavy atom. The van der Waals surface area contributed by atoms with Crippen LogP contribution in [-0.2, 0) is 14.8 Å². The number of benzene rings is 1. The van der Waals surface area contributed by atoms with E-state index in [4.69, 9.17) is 0 Å². The van der Waals surface area contributed by atoms with Crippen molar-refractivity contribution in [3.05, 3.63) is 24.3 Å². The van der Waals surface area contributed by atoms with E-state index in [1.54, 1.807) is 24.3 Å². The number of nitrogens with one attached hydrogen (secondary N) is 3. The van der Waals surface area contributed by atoms with Crippen LogP contribution in [0.2, 0.25) is 0 Å². The van der Waals surface area contributed by atoms with E-state index in [-0.39, 0.29) is 5.91 Å². The van der Waals surface area contributed by atoms with Crippen molar-refractivity contribution < 1.29 is 13.2 Å². The van der Waals surface area contributed by atoms with Gasteiger partial charge in [-0.3, -0.25) is 9.52 Å². The van der Waals surface area contributed by atoms with Gasteiger partial charge < -0.3 is 10.6 Å². The minimum Gasteiger partial charge on any atom is -0.324 e. The maximum absolute atomic E-state index is 12.3. The average Bonchev–Trinajstić information content (AvgIpc) is 2.48. The molecule has 6 nitrogen and oxygen atoms in total. The summed E-state index contributed by atoms with van der Waals surface area (Å²) in [7, 11) is -3.38. The number of hydrogen-bond acceptors (Lipinski definition) is 4. The zero-order chi connectivity index (χ0) is 16.9. The van der Waals surface area contributed by atoms with E-state index in [1.807, 2.05) is 0 Å². The molecule has 1 aliphatic rings. The summed E-state index contributed by atoms with van der Waals surface area (Å²) in [5, 5.41) is 6.15. The Morgan fingerprint density at radius 3 is 2.48 bits per heavy atom. The van der Waals surface area contributed by atoms with Crippen LogP contribution < -0.4 is 15.4 Å². The summed E-state index contributed by atoms with van der Waals surface area (Å²) >= 11 is 0. The summed E-state index contributed by atoms with van der Waals surface area (Å²) in [6.07, 6.45) is 3.73. The van der Waals surface area contributed by atoms with Crippen molar-refractivity contribution in [2.24, 2.45) is 11.8 Å². The number of sulfonamides is 1. The Morgan fingerprint density at radius 2 is 1.87 bits per heavy atom. The highest BCUT2D eigenvalue weighted by atomic mass is 32.2. The second-order valence-electron chi connectivity index (χ2n) is 6.24. The molecule has 1 heterocycles. The van der Waals surface area contributed by atoms with E-state index in [0.29, 0.717) is 29.6 Å². The number of carbonyl (C=O) groups is 1. The summed E-state index contributed by atoms with van der Waals surface area (Å²) in [5.74, 6) is 0.789. The third-order valence-electron chi connectivity index (χ3n) is 4.19. The molecule has 1 aliphatic heterocycles. The fourth-order valence-corrected chi connectivity index (χ4v) is 3.53. The van der Waals surface area contributed by atoms with E-state index in [0.717, 1.165) is 32.2 Å². The summed E-state index contributed by atoms with van der Waals surface area (Å²) in [6.45, 7) is 4.13. The van der Waals surface area contributed by atoms with Gasteiger partial charge in [-0.2, -0.15) is 0 Å². The molecule has 0 bridgehead atoms.